The van der Waals surface area contributed by atoms with E-state index in [9.17, 15) is 14.4 Å². The number of hydrogen-bond acceptors (Lipinski definition) is 3. The maximum absolute atomic E-state index is 12.3. The van der Waals surface area contributed by atoms with Crippen LogP contribution in [-0.2, 0) is 9.59 Å². The molecule has 1 atom stereocenters. The van der Waals surface area contributed by atoms with E-state index in [1.54, 1.807) is 18.2 Å². The van der Waals surface area contributed by atoms with E-state index in [0.717, 1.165) is 12.0 Å². The lowest BCUT2D eigenvalue weighted by Gasteiger charge is -2.18. The molecule has 2 amide bonds. The van der Waals surface area contributed by atoms with Gasteiger partial charge in [-0.15, -0.1) is 0 Å². The fraction of sp³-hybridized carbons (Fsp3) is 0.353. The summed E-state index contributed by atoms with van der Waals surface area (Å²) in [5, 5.41) is 11.7. The summed E-state index contributed by atoms with van der Waals surface area (Å²) < 4.78 is 0. The van der Waals surface area contributed by atoms with Crippen LogP contribution in [0.25, 0.3) is 5.70 Å². The number of carboxylic acids is 1. The largest absolute Gasteiger partial charge is 0.481 e. The minimum absolute atomic E-state index is 0.0590. The first kappa shape index (κ1) is 16.7. The van der Waals surface area contributed by atoms with Crippen LogP contribution in [-0.4, -0.2) is 40.9 Å². The summed E-state index contributed by atoms with van der Waals surface area (Å²) in [5.74, 6) is -2.20. The Balaban J connectivity index is 1.95. The number of amides is 2. The molecule has 0 fully saturated rings. The molecule has 1 unspecified atom stereocenters. The number of benzene rings is 1. The summed E-state index contributed by atoms with van der Waals surface area (Å²) in [6.45, 7) is 5.65. The first-order valence-corrected chi connectivity index (χ1v) is 7.55. The molecule has 0 aromatic heterocycles. The molecule has 6 heteroatoms. The smallest absolute Gasteiger partial charge is 0.308 e. The first-order valence-electron chi connectivity index (χ1n) is 7.55. The van der Waals surface area contributed by atoms with Crippen LogP contribution in [0.3, 0.4) is 0 Å². The number of carbonyl (C=O) groups excluding carboxylic acids is 2. The van der Waals surface area contributed by atoms with Crippen molar-refractivity contribution < 1.29 is 19.5 Å². The molecule has 23 heavy (non-hydrogen) atoms. The van der Waals surface area contributed by atoms with Gasteiger partial charge < -0.3 is 10.4 Å². The number of hydrogen-bond donors (Lipinski definition) is 2. The number of aliphatic carboxylic acids is 1. The molecular formula is C17H20N2O4. The van der Waals surface area contributed by atoms with Gasteiger partial charge >= 0.3 is 5.97 Å². The zero-order chi connectivity index (χ0) is 17.0. The molecule has 0 aliphatic carbocycles. The van der Waals surface area contributed by atoms with Gasteiger partial charge in [0, 0.05) is 23.4 Å². The molecule has 1 aromatic carbocycles. The molecule has 6 nitrogen and oxygen atoms in total. The van der Waals surface area contributed by atoms with E-state index in [4.69, 9.17) is 5.11 Å². The van der Waals surface area contributed by atoms with Gasteiger partial charge in [0.15, 0.2) is 0 Å². The molecule has 0 bridgehead atoms. The molecular weight excluding hydrogens is 296 g/mol. The highest BCUT2D eigenvalue weighted by Gasteiger charge is 2.32. The number of carbonyl (C=O) groups is 3. The van der Waals surface area contributed by atoms with Gasteiger partial charge in [-0.05, 0) is 12.5 Å². The molecule has 1 aliphatic heterocycles. The average molecular weight is 316 g/mol. The van der Waals surface area contributed by atoms with E-state index in [2.05, 4.69) is 11.9 Å². The summed E-state index contributed by atoms with van der Waals surface area (Å²) in [6.07, 6.45) is 1.22. The zero-order valence-corrected chi connectivity index (χ0v) is 13.0. The van der Waals surface area contributed by atoms with E-state index in [0.29, 0.717) is 17.7 Å². The third-order valence-electron chi connectivity index (χ3n) is 3.87. The average Bonchev–Trinajstić information content (AvgIpc) is 2.76. The third-order valence-corrected chi connectivity index (χ3v) is 3.87. The van der Waals surface area contributed by atoms with Gasteiger partial charge in [-0.25, -0.2) is 0 Å². The Labute approximate surface area is 134 Å². The van der Waals surface area contributed by atoms with Crippen LogP contribution in [0.1, 0.15) is 35.7 Å². The quantitative estimate of drug-likeness (QED) is 0.802. The second-order valence-electron chi connectivity index (χ2n) is 5.51. The highest BCUT2D eigenvalue weighted by molar-refractivity contribution is 6.10. The van der Waals surface area contributed by atoms with Crippen LogP contribution in [0.2, 0.25) is 0 Å². The Morgan fingerprint density at radius 3 is 2.52 bits per heavy atom. The van der Waals surface area contributed by atoms with Crippen molar-refractivity contribution in [3.05, 3.63) is 42.0 Å². The predicted octanol–water partition coefficient (Wildman–Crippen LogP) is 1.73. The maximum atomic E-state index is 12.3. The topological polar surface area (TPSA) is 86.7 Å². The van der Waals surface area contributed by atoms with Gasteiger partial charge in [0.05, 0.1) is 5.92 Å². The standard InChI is InChI=1S/C17H20N2O4/c1-3-6-12(17(22)23)9-18-15(20)10-19-11(2)13-7-4-5-8-14(13)16(19)21/h4-5,7-8,12H,2-3,6,9-10H2,1H3,(H,18,20)(H,22,23). The summed E-state index contributed by atoms with van der Waals surface area (Å²) >= 11 is 0. The van der Waals surface area contributed by atoms with Crippen molar-refractivity contribution in [3.8, 4) is 0 Å². The van der Waals surface area contributed by atoms with Crippen molar-refractivity contribution in [1.82, 2.24) is 10.2 Å². The number of carboxylic acid groups (broad SMARTS) is 1. The van der Waals surface area contributed by atoms with Crippen LogP contribution in [0.5, 0.6) is 0 Å². The number of rotatable bonds is 7. The molecule has 1 aliphatic rings. The van der Waals surface area contributed by atoms with Gasteiger partial charge in [0.25, 0.3) is 5.91 Å². The molecule has 1 aromatic rings. The van der Waals surface area contributed by atoms with E-state index in [1.165, 1.54) is 4.90 Å². The SMILES string of the molecule is C=C1c2ccccc2C(=O)N1CC(=O)NCC(CCC)C(=O)O. The van der Waals surface area contributed by atoms with Gasteiger partial charge in [-0.2, -0.15) is 0 Å². The normalized spacial score (nSPS) is 14.6. The van der Waals surface area contributed by atoms with Crippen molar-refractivity contribution in [2.75, 3.05) is 13.1 Å². The Kier molecular flexibility index (Phi) is 5.16. The van der Waals surface area contributed by atoms with E-state index in [1.807, 2.05) is 13.0 Å². The van der Waals surface area contributed by atoms with E-state index >= 15 is 0 Å². The Morgan fingerprint density at radius 2 is 1.96 bits per heavy atom. The number of nitrogens with zero attached hydrogens (tertiary/aromatic N) is 1. The third kappa shape index (κ3) is 3.59. The molecule has 0 saturated carbocycles. The second-order valence-corrected chi connectivity index (χ2v) is 5.51. The molecule has 2 rings (SSSR count). The lowest BCUT2D eigenvalue weighted by molar-refractivity contribution is -0.141. The Morgan fingerprint density at radius 1 is 1.30 bits per heavy atom. The highest BCUT2D eigenvalue weighted by atomic mass is 16.4. The van der Waals surface area contributed by atoms with E-state index in [-0.39, 0.29) is 19.0 Å². The van der Waals surface area contributed by atoms with Crippen LogP contribution in [0.15, 0.2) is 30.8 Å². The van der Waals surface area contributed by atoms with Gasteiger partial charge in [0.1, 0.15) is 6.54 Å². The van der Waals surface area contributed by atoms with Crippen LogP contribution in [0.4, 0.5) is 0 Å². The maximum Gasteiger partial charge on any atom is 0.308 e. The van der Waals surface area contributed by atoms with Crippen LogP contribution >= 0.6 is 0 Å². The Bertz CT molecular complexity index is 619. The van der Waals surface area contributed by atoms with Crippen molar-refractivity contribution >= 4 is 23.5 Å². The monoisotopic (exact) mass is 316 g/mol. The van der Waals surface area contributed by atoms with E-state index < -0.39 is 17.8 Å². The summed E-state index contributed by atoms with van der Waals surface area (Å²) in [6, 6.07) is 7.05. The summed E-state index contributed by atoms with van der Waals surface area (Å²) in [5.41, 5.74) is 1.74. The van der Waals surface area contributed by atoms with Gasteiger partial charge in [0.2, 0.25) is 5.91 Å². The minimum atomic E-state index is -0.929. The lowest BCUT2D eigenvalue weighted by Crippen LogP contribution is -2.40. The molecule has 0 saturated heterocycles. The number of fused-ring (bicyclic) bond motifs is 1. The first-order chi connectivity index (χ1) is 11.0. The van der Waals surface area contributed by atoms with Crippen molar-refractivity contribution in [2.45, 2.75) is 19.8 Å². The second kappa shape index (κ2) is 7.09. The van der Waals surface area contributed by atoms with Crippen LogP contribution < -0.4 is 5.32 Å². The van der Waals surface area contributed by atoms with Crippen molar-refractivity contribution in [3.63, 3.8) is 0 Å². The molecule has 2 N–H and O–H groups in total. The highest BCUT2D eigenvalue weighted by Crippen LogP contribution is 2.30. The molecule has 0 spiro atoms. The minimum Gasteiger partial charge on any atom is -0.481 e. The molecule has 0 radical (unpaired) electrons. The van der Waals surface area contributed by atoms with Crippen LogP contribution in [0, 0.1) is 5.92 Å². The molecule has 1 heterocycles. The fourth-order valence-corrected chi connectivity index (χ4v) is 2.60. The number of nitrogens with one attached hydrogen (secondary N) is 1. The summed E-state index contributed by atoms with van der Waals surface area (Å²) in [4.78, 5) is 36.7. The zero-order valence-electron chi connectivity index (χ0n) is 13.0. The predicted molar refractivity (Wildman–Crippen MR) is 85.6 cm³/mol. The van der Waals surface area contributed by atoms with Gasteiger partial charge in [-0.1, -0.05) is 38.1 Å². The Hall–Kier alpha value is -2.63. The van der Waals surface area contributed by atoms with Crippen molar-refractivity contribution in [2.24, 2.45) is 5.92 Å². The lowest BCUT2D eigenvalue weighted by atomic mass is 10.0. The van der Waals surface area contributed by atoms with Crippen molar-refractivity contribution in [1.29, 1.82) is 0 Å². The summed E-state index contributed by atoms with van der Waals surface area (Å²) in [7, 11) is 0. The molecule has 122 valence electrons. The fourth-order valence-electron chi connectivity index (χ4n) is 2.60. The van der Waals surface area contributed by atoms with Gasteiger partial charge in [-0.3, -0.25) is 19.3 Å².